The van der Waals surface area contributed by atoms with Gasteiger partial charge in [0.25, 0.3) is 0 Å². The Morgan fingerprint density at radius 3 is 1.92 bits per heavy atom. The zero-order chi connectivity index (χ0) is 8.27. The van der Waals surface area contributed by atoms with Crippen molar-refractivity contribution < 1.29 is 21.1 Å². The Balaban J connectivity index is 0.00000121. The van der Waals surface area contributed by atoms with Crippen LogP contribution >= 0.6 is 12.2 Å². The maximum atomic E-state index is 5.30. The summed E-state index contributed by atoms with van der Waals surface area (Å²) in [5.74, 6) is 0. The third-order valence-electron chi connectivity index (χ3n) is 2.16. The van der Waals surface area contributed by atoms with Gasteiger partial charge in [-0.2, -0.15) is 0 Å². The van der Waals surface area contributed by atoms with Crippen LogP contribution in [-0.2, 0) is 21.1 Å². The fourth-order valence-corrected chi connectivity index (χ4v) is 1.87. The van der Waals surface area contributed by atoms with Gasteiger partial charge in [0.1, 0.15) is 0 Å². The van der Waals surface area contributed by atoms with Gasteiger partial charge in [-0.3, -0.25) is 0 Å². The van der Waals surface area contributed by atoms with Crippen molar-refractivity contribution in [2.45, 2.75) is 20.3 Å². The first kappa shape index (κ1) is 12.4. The molecule has 4 heteroatoms. The third-order valence-corrected chi connectivity index (χ3v) is 2.68. The molecule has 0 N–H and O–H groups in total. The number of hydrogen-bond acceptors (Lipinski definition) is 1. The van der Waals surface area contributed by atoms with E-state index in [-0.39, 0.29) is 21.1 Å². The number of nitrogens with zero attached hydrogens (tertiary/aromatic N) is 2. The van der Waals surface area contributed by atoms with Crippen molar-refractivity contribution in [3.63, 3.8) is 0 Å². The van der Waals surface area contributed by atoms with Gasteiger partial charge in [-0.15, -0.1) is 0 Å². The van der Waals surface area contributed by atoms with E-state index in [0.717, 1.165) is 31.3 Å². The summed E-state index contributed by atoms with van der Waals surface area (Å²) < 4.78 is 0. The molecular weight excluding hydrogens is 351 g/mol. The van der Waals surface area contributed by atoms with E-state index in [4.69, 9.17) is 12.2 Å². The van der Waals surface area contributed by atoms with Crippen LogP contribution in [0.25, 0.3) is 0 Å². The van der Waals surface area contributed by atoms with Crippen molar-refractivity contribution in [1.82, 2.24) is 9.80 Å². The molecule has 0 radical (unpaired) electrons. The van der Waals surface area contributed by atoms with Crippen molar-refractivity contribution in [2.24, 2.45) is 0 Å². The summed E-state index contributed by atoms with van der Waals surface area (Å²) in [6, 6.07) is 0. The first-order valence-electron chi connectivity index (χ1n) is 4.33. The summed E-state index contributed by atoms with van der Waals surface area (Å²) in [6.45, 7) is 8.71. The van der Waals surface area contributed by atoms with E-state index < -0.39 is 0 Å². The summed E-state index contributed by atoms with van der Waals surface area (Å²) in [4.78, 5) is 4.53. The van der Waals surface area contributed by atoms with Crippen molar-refractivity contribution in [2.75, 3.05) is 26.2 Å². The minimum Gasteiger partial charge on any atom is -0.349 e. The Kier molecular flexibility index (Phi) is 6.11. The molecule has 12 heavy (non-hydrogen) atoms. The molecule has 1 saturated heterocycles. The molecule has 0 aliphatic carbocycles. The third kappa shape index (κ3) is 2.70. The van der Waals surface area contributed by atoms with E-state index in [1.807, 2.05) is 0 Å². The van der Waals surface area contributed by atoms with Gasteiger partial charge < -0.3 is 9.80 Å². The van der Waals surface area contributed by atoms with Gasteiger partial charge in [0.15, 0.2) is 5.11 Å². The number of hydrogen-bond donors (Lipinski definition) is 0. The SMILES string of the molecule is CCN1CCCN(CC)C1=S.[Pt]. The molecule has 0 spiro atoms. The normalized spacial score (nSPS) is 17.7. The van der Waals surface area contributed by atoms with Gasteiger partial charge in [0.2, 0.25) is 0 Å². The van der Waals surface area contributed by atoms with Gasteiger partial charge in [0, 0.05) is 47.2 Å². The standard InChI is InChI=1S/C8H16N2S.Pt/c1-3-9-6-5-7-10(4-2)8(9)11;/h3-7H2,1-2H3;. The molecule has 0 aromatic rings. The molecule has 1 rings (SSSR count). The first-order valence-corrected chi connectivity index (χ1v) is 4.74. The zero-order valence-corrected chi connectivity index (χ0v) is 10.7. The molecule has 1 heterocycles. The van der Waals surface area contributed by atoms with Crippen LogP contribution in [0.3, 0.4) is 0 Å². The Labute approximate surface area is 94.6 Å². The van der Waals surface area contributed by atoms with E-state index in [1.165, 1.54) is 6.42 Å². The Morgan fingerprint density at radius 1 is 1.17 bits per heavy atom. The number of rotatable bonds is 2. The maximum absolute atomic E-state index is 5.30. The topological polar surface area (TPSA) is 6.48 Å². The van der Waals surface area contributed by atoms with Gasteiger partial charge in [-0.05, 0) is 32.5 Å². The van der Waals surface area contributed by atoms with Crippen LogP contribution in [0.15, 0.2) is 0 Å². The van der Waals surface area contributed by atoms with Crippen molar-refractivity contribution in [3.8, 4) is 0 Å². The smallest absolute Gasteiger partial charge is 0.171 e. The van der Waals surface area contributed by atoms with Gasteiger partial charge in [-0.25, -0.2) is 0 Å². The van der Waals surface area contributed by atoms with Gasteiger partial charge in [-0.1, -0.05) is 0 Å². The molecule has 1 fully saturated rings. The molecule has 0 atom stereocenters. The Morgan fingerprint density at radius 2 is 1.58 bits per heavy atom. The second-order valence-corrected chi connectivity index (χ2v) is 3.16. The molecule has 1 aliphatic heterocycles. The molecule has 0 aromatic carbocycles. The number of thiocarbonyl (C=S) groups is 1. The predicted molar refractivity (Wildman–Crippen MR) is 51.7 cm³/mol. The monoisotopic (exact) mass is 367 g/mol. The Hall–Kier alpha value is 0.378. The van der Waals surface area contributed by atoms with Crippen molar-refractivity contribution in [1.29, 1.82) is 0 Å². The van der Waals surface area contributed by atoms with Crippen LogP contribution in [-0.4, -0.2) is 41.1 Å². The summed E-state index contributed by atoms with van der Waals surface area (Å²) in [7, 11) is 0. The van der Waals surface area contributed by atoms with Crippen molar-refractivity contribution in [3.05, 3.63) is 0 Å². The van der Waals surface area contributed by atoms with Gasteiger partial charge >= 0.3 is 0 Å². The second kappa shape index (κ2) is 5.93. The van der Waals surface area contributed by atoms with E-state index in [2.05, 4.69) is 23.6 Å². The van der Waals surface area contributed by atoms with Crippen LogP contribution in [0.5, 0.6) is 0 Å². The van der Waals surface area contributed by atoms with Crippen LogP contribution in [0.2, 0.25) is 0 Å². The molecule has 1 aliphatic rings. The van der Waals surface area contributed by atoms with E-state index >= 15 is 0 Å². The summed E-state index contributed by atoms with van der Waals surface area (Å²) >= 11 is 5.30. The molecule has 74 valence electrons. The molecule has 0 bridgehead atoms. The minimum absolute atomic E-state index is 0. The Bertz CT molecular complexity index is 138. The summed E-state index contributed by atoms with van der Waals surface area (Å²) in [5, 5.41) is 1.04. The summed E-state index contributed by atoms with van der Waals surface area (Å²) in [5.41, 5.74) is 0. The van der Waals surface area contributed by atoms with E-state index in [0.29, 0.717) is 0 Å². The second-order valence-electron chi connectivity index (χ2n) is 2.80. The average Bonchev–Trinajstić information content (AvgIpc) is 2.05. The summed E-state index contributed by atoms with van der Waals surface area (Å²) in [6.07, 6.45) is 1.25. The van der Waals surface area contributed by atoms with Crippen LogP contribution in [0.4, 0.5) is 0 Å². The molecule has 0 amide bonds. The van der Waals surface area contributed by atoms with Crippen molar-refractivity contribution >= 4 is 17.3 Å². The minimum atomic E-state index is 0. The van der Waals surface area contributed by atoms with Crippen LogP contribution in [0.1, 0.15) is 20.3 Å². The van der Waals surface area contributed by atoms with Crippen LogP contribution < -0.4 is 0 Å². The molecule has 0 unspecified atom stereocenters. The average molecular weight is 367 g/mol. The van der Waals surface area contributed by atoms with Gasteiger partial charge in [0.05, 0.1) is 0 Å². The van der Waals surface area contributed by atoms with Crippen LogP contribution in [0, 0.1) is 0 Å². The van der Waals surface area contributed by atoms with E-state index in [1.54, 1.807) is 0 Å². The predicted octanol–water partition coefficient (Wildman–Crippen LogP) is 1.32. The molecule has 0 saturated carbocycles. The fourth-order valence-electron chi connectivity index (χ4n) is 1.43. The first-order chi connectivity index (χ1) is 5.29. The molecule has 2 nitrogen and oxygen atoms in total. The molecular formula is C8H16N2PtS. The fraction of sp³-hybridized carbons (Fsp3) is 0.875. The zero-order valence-electron chi connectivity index (χ0n) is 7.65. The quantitative estimate of drug-likeness (QED) is 0.680. The van der Waals surface area contributed by atoms with E-state index in [9.17, 15) is 0 Å². The molecule has 0 aromatic heterocycles. The maximum Gasteiger partial charge on any atom is 0.171 e. The largest absolute Gasteiger partial charge is 0.349 e.